The number of rotatable bonds is 22. The van der Waals surface area contributed by atoms with Gasteiger partial charge in [-0.1, -0.05) is 29.8 Å². The SMILES string of the molecule is OCC[N+]1(CCCCCCOc2ccc(C(=C3C4CC5CC(C4)CC3C5)c3ccc(OCCCCCC[N+]4(CCO)CCCCC4)cc3)cc2)CCCCC1. The molecule has 2 saturated heterocycles. The van der Waals surface area contributed by atoms with Gasteiger partial charge in [0, 0.05) is 0 Å². The minimum atomic E-state index is 0.323. The van der Waals surface area contributed by atoms with E-state index in [1.807, 2.05) is 0 Å². The molecule has 2 N–H and O–H groups in total. The maximum absolute atomic E-state index is 9.64. The number of hydrogen-bond acceptors (Lipinski definition) is 4. The quantitative estimate of drug-likeness (QED) is 0.0929. The van der Waals surface area contributed by atoms with Crippen molar-refractivity contribution in [3.63, 3.8) is 0 Å². The lowest BCUT2D eigenvalue weighted by molar-refractivity contribution is -0.932. The van der Waals surface area contributed by atoms with Crippen molar-refractivity contribution in [3.8, 4) is 11.5 Å². The molecule has 0 atom stereocenters. The standard InChI is InChI=1S/C49H76N2O4/c52-31-29-50(25-9-5-10-26-50)23-7-1-3-13-33-54-46-19-15-42(16-20-46)48(49-44-36-40-35-41(38-44)39-45(49)37-40)43-17-21-47(22-18-43)55-34-14-4-2-8-24-51(30-32-53)27-11-6-12-28-51/h15-22,40-41,44-45,52-53H,1-14,23-39H2/q+2. The molecule has 0 amide bonds. The molecule has 6 aliphatic rings. The first-order valence-electron chi connectivity index (χ1n) is 23.2. The van der Waals surface area contributed by atoms with Crippen molar-refractivity contribution in [2.24, 2.45) is 23.7 Å². The number of piperidine rings is 2. The third-order valence-electron chi connectivity index (χ3n) is 14.9. The molecule has 4 saturated carbocycles. The van der Waals surface area contributed by atoms with Crippen LogP contribution in [0.5, 0.6) is 11.5 Å². The second-order valence-electron chi connectivity index (χ2n) is 18.7. The number of allylic oxidation sites excluding steroid dienone is 1. The first-order valence-corrected chi connectivity index (χ1v) is 23.2. The summed E-state index contributed by atoms with van der Waals surface area (Å²) < 4.78 is 14.9. The largest absolute Gasteiger partial charge is 0.494 e. The Hall–Kier alpha value is -2.38. The van der Waals surface area contributed by atoms with Crippen LogP contribution in [0.3, 0.4) is 0 Å². The van der Waals surface area contributed by atoms with Gasteiger partial charge in [-0.05, 0) is 187 Å². The van der Waals surface area contributed by atoms with Crippen LogP contribution in [0.1, 0.15) is 133 Å². The third-order valence-corrected chi connectivity index (χ3v) is 14.9. The van der Waals surface area contributed by atoms with E-state index in [1.165, 1.54) is 165 Å². The van der Waals surface area contributed by atoms with E-state index in [4.69, 9.17) is 9.47 Å². The van der Waals surface area contributed by atoms with Crippen molar-refractivity contribution in [3.05, 3.63) is 65.2 Å². The fraction of sp³-hybridized carbons (Fsp3) is 0.714. The molecular formula is C49H76N2O4+2. The summed E-state index contributed by atoms with van der Waals surface area (Å²) in [6.07, 6.45) is 24.7. The smallest absolute Gasteiger partial charge is 0.119 e. The zero-order chi connectivity index (χ0) is 37.8. The van der Waals surface area contributed by atoms with Crippen LogP contribution in [0.2, 0.25) is 0 Å². The fourth-order valence-corrected chi connectivity index (χ4v) is 12.1. The lowest BCUT2D eigenvalue weighted by Crippen LogP contribution is -2.53. The van der Waals surface area contributed by atoms with E-state index >= 15 is 0 Å². The highest BCUT2D eigenvalue weighted by Gasteiger charge is 2.46. The van der Waals surface area contributed by atoms with E-state index in [0.717, 1.165) is 83.3 Å². The summed E-state index contributed by atoms with van der Waals surface area (Å²) in [5, 5.41) is 19.3. The van der Waals surface area contributed by atoms with Crippen molar-refractivity contribution >= 4 is 5.57 Å². The topological polar surface area (TPSA) is 58.9 Å². The van der Waals surface area contributed by atoms with Crippen molar-refractivity contribution in [2.45, 2.75) is 122 Å². The van der Waals surface area contributed by atoms with Gasteiger partial charge in [0.05, 0.1) is 65.7 Å². The molecule has 2 heterocycles. The second-order valence-corrected chi connectivity index (χ2v) is 18.7. The Morgan fingerprint density at radius 2 is 0.873 bits per heavy atom. The summed E-state index contributed by atoms with van der Waals surface area (Å²) in [7, 11) is 0. The van der Waals surface area contributed by atoms with Crippen molar-refractivity contribution in [1.82, 2.24) is 0 Å². The summed E-state index contributed by atoms with van der Waals surface area (Å²) in [5.41, 5.74) is 5.91. The molecule has 6 nitrogen and oxygen atoms in total. The average Bonchev–Trinajstić information content (AvgIpc) is 3.20. The van der Waals surface area contributed by atoms with Crippen molar-refractivity contribution < 1.29 is 28.7 Å². The van der Waals surface area contributed by atoms with Crippen LogP contribution in [0.4, 0.5) is 0 Å². The number of likely N-dealkylation sites (tertiary alicyclic amines) is 2. The van der Waals surface area contributed by atoms with Crippen LogP contribution in [-0.2, 0) is 0 Å². The van der Waals surface area contributed by atoms with Crippen molar-refractivity contribution in [1.29, 1.82) is 0 Å². The van der Waals surface area contributed by atoms with Crippen molar-refractivity contribution in [2.75, 3.05) is 78.8 Å². The van der Waals surface area contributed by atoms with E-state index < -0.39 is 0 Å². The normalized spacial score (nSPS) is 25.2. The number of ether oxygens (including phenoxy) is 2. The third kappa shape index (κ3) is 11.0. The van der Waals surface area contributed by atoms with Gasteiger partial charge < -0.3 is 28.7 Å². The lowest BCUT2D eigenvalue weighted by Gasteiger charge is -2.52. The average molecular weight is 757 g/mol. The van der Waals surface area contributed by atoms with E-state index in [-0.39, 0.29) is 0 Å². The van der Waals surface area contributed by atoms with Gasteiger partial charge in [0.1, 0.15) is 24.6 Å². The number of hydrogen-bond donors (Lipinski definition) is 2. The number of quaternary nitrogens is 2. The maximum Gasteiger partial charge on any atom is 0.119 e. The summed E-state index contributed by atoms with van der Waals surface area (Å²) in [6.45, 7) is 11.6. The molecule has 0 aromatic heterocycles. The molecule has 4 bridgehead atoms. The molecule has 55 heavy (non-hydrogen) atoms. The van der Waals surface area contributed by atoms with E-state index in [9.17, 15) is 10.2 Å². The molecule has 4 aliphatic carbocycles. The summed E-state index contributed by atoms with van der Waals surface area (Å²) in [5.74, 6) is 5.34. The summed E-state index contributed by atoms with van der Waals surface area (Å²) >= 11 is 0. The van der Waals surface area contributed by atoms with Gasteiger partial charge in [-0.25, -0.2) is 0 Å². The molecule has 6 fully saturated rings. The van der Waals surface area contributed by atoms with Gasteiger partial charge in [0.25, 0.3) is 0 Å². The predicted octanol–water partition coefficient (Wildman–Crippen LogP) is 9.81. The van der Waals surface area contributed by atoms with Gasteiger partial charge in [-0.2, -0.15) is 0 Å². The zero-order valence-electron chi connectivity index (χ0n) is 34.5. The molecular weight excluding hydrogens is 681 g/mol. The van der Waals surface area contributed by atoms with Gasteiger partial charge in [0.2, 0.25) is 0 Å². The van der Waals surface area contributed by atoms with Crippen LogP contribution in [0.15, 0.2) is 54.1 Å². The summed E-state index contributed by atoms with van der Waals surface area (Å²) in [4.78, 5) is 0. The van der Waals surface area contributed by atoms with Crippen LogP contribution in [0.25, 0.3) is 5.57 Å². The Labute approximate surface area is 334 Å². The van der Waals surface area contributed by atoms with Gasteiger partial charge in [-0.3, -0.25) is 0 Å². The first kappa shape index (κ1) is 40.8. The zero-order valence-corrected chi connectivity index (χ0v) is 34.5. The molecule has 2 aromatic carbocycles. The number of unbranched alkanes of at least 4 members (excludes halogenated alkanes) is 6. The molecule has 304 valence electrons. The minimum absolute atomic E-state index is 0.323. The molecule has 2 aromatic rings. The lowest BCUT2D eigenvalue weighted by atomic mass is 9.53. The fourth-order valence-electron chi connectivity index (χ4n) is 12.1. The number of aliphatic hydroxyl groups is 2. The monoisotopic (exact) mass is 757 g/mol. The summed E-state index contributed by atoms with van der Waals surface area (Å²) in [6, 6.07) is 18.2. The highest BCUT2D eigenvalue weighted by atomic mass is 16.5. The molecule has 0 radical (unpaired) electrons. The highest BCUT2D eigenvalue weighted by molar-refractivity contribution is 5.83. The first-order chi connectivity index (χ1) is 27.1. The Bertz CT molecular complexity index is 1330. The number of benzene rings is 2. The van der Waals surface area contributed by atoms with Crippen LogP contribution in [0, 0.1) is 23.7 Å². The molecule has 0 unspecified atom stereocenters. The maximum atomic E-state index is 9.64. The predicted molar refractivity (Wildman–Crippen MR) is 225 cm³/mol. The Morgan fingerprint density at radius 1 is 0.473 bits per heavy atom. The van der Waals surface area contributed by atoms with Gasteiger partial charge >= 0.3 is 0 Å². The van der Waals surface area contributed by atoms with Crippen LogP contribution >= 0.6 is 0 Å². The Balaban J connectivity index is 0.901. The Morgan fingerprint density at radius 3 is 1.27 bits per heavy atom. The Kier molecular flexibility index (Phi) is 15.1. The number of aliphatic hydroxyl groups excluding tert-OH is 2. The van der Waals surface area contributed by atoms with Crippen LogP contribution < -0.4 is 9.47 Å². The van der Waals surface area contributed by atoms with E-state index in [2.05, 4.69) is 48.5 Å². The molecule has 0 spiro atoms. The highest BCUT2D eigenvalue weighted by Crippen LogP contribution is 2.58. The van der Waals surface area contributed by atoms with Crippen LogP contribution in [-0.4, -0.2) is 98.0 Å². The second kappa shape index (κ2) is 20.4. The molecule has 8 rings (SSSR count). The molecule has 2 aliphatic heterocycles. The number of nitrogens with zero attached hydrogens (tertiary/aromatic N) is 2. The molecule has 6 heteroatoms. The van der Waals surface area contributed by atoms with Gasteiger partial charge in [0.15, 0.2) is 0 Å². The van der Waals surface area contributed by atoms with E-state index in [0.29, 0.717) is 13.2 Å². The minimum Gasteiger partial charge on any atom is -0.494 e. The van der Waals surface area contributed by atoms with E-state index in [1.54, 1.807) is 5.57 Å². The van der Waals surface area contributed by atoms with Gasteiger partial charge in [-0.15, -0.1) is 0 Å².